The number of nitrogens with two attached hydrogens (primary N) is 1. The summed E-state index contributed by atoms with van der Waals surface area (Å²) >= 11 is 0. The number of rotatable bonds is 8. The first-order chi connectivity index (χ1) is 16.4. The Kier molecular flexibility index (Phi) is 7.44. The predicted octanol–water partition coefficient (Wildman–Crippen LogP) is 3.67. The van der Waals surface area contributed by atoms with Crippen molar-refractivity contribution in [1.29, 1.82) is 0 Å². The molecule has 0 saturated carbocycles. The van der Waals surface area contributed by atoms with E-state index in [0.717, 1.165) is 51.3 Å². The summed E-state index contributed by atoms with van der Waals surface area (Å²) in [4.78, 5) is 13.4. The Morgan fingerprint density at radius 3 is 2.62 bits per heavy atom. The Morgan fingerprint density at radius 1 is 1.06 bits per heavy atom. The number of likely N-dealkylation sites (N-methyl/N-ethyl adjacent to an activating group) is 1. The highest BCUT2D eigenvalue weighted by Gasteiger charge is 2.14. The number of hydrogen-bond acceptors (Lipinski definition) is 8. The molecule has 1 aliphatic heterocycles. The summed E-state index contributed by atoms with van der Waals surface area (Å²) < 4.78 is 14.3. The van der Waals surface area contributed by atoms with Gasteiger partial charge in [0.25, 0.3) is 0 Å². The standard InChI is InChI=1S/C25H32FN7O/c1-17-4-6-21(20(26)14-17)29-18-5-7-23(34)19(15-18)22-16-24(31-25(27)30-22)28-8-3-9-33-12-10-32(2)11-13-33/h4-7,14-16,29,34H,3,8-13H2,1-2H3,(H3,27,28,30,31). The van der Waals surface area contributed by atoms with Crippen LogP contribution in [0.25, 0.3) is 11.3 Å². The van der Waals surface area contributed by atoms with Gasteiger partial charge in [0, 0.05) is 50.0 Å². The number of nitrogens with zero attached hydrogens (tertiary/aromatic N) is 4. The van der Waals surface area contributed by atoms with E-state index in [2.05, 4.69) is 37.4 Å². The Bertz CT molecular complexity index is 1130. The van der Waals surface area contributed by atoms with Crippen molar-refractivity contribution >= 4 is 23.1 Å². The Morgan fingerprint density at radius 2 is 1.85 bits per heavy atom. The molecule has 0 aliphatic carbocycles. The fourth-order valence-corrected chi connectivity index (χ4v) is 3.98. The average molecular weight is 466 g/mol. The number of halogens is 1. The number of aromatic nitrogens is 2. The van der Waals surface area contributed by atoms with Crippen LogP contribution in [0.5, 0.6) is 5.75 Å². The van der Waals surface area contributed by atoms with Crippen LogP contribution in [0.1, 0.15) is 12.0 Å². The minimum atomic E-state index is -0.344. The van der Waals surface area contributed by atoms with E-state index < -0.39 is 0 Å². The summed E-state index contributed by atoms with van der Waals surface area (Å²) in [5, 5.41) is 16.8. The zero-order chi connectivity index (χ0) is 24.1. The monoisotopic (exact) mass is 465 g/mol. The average Bonchev–Trinajstić information content (AvgIpc) is 2.80. The molecule has 1 fully saturated rings. The molecule has 1 aliphatic rings. The van der Waals surface area contributed by atoms with E-state index in [9.17, 15) is 9.50 Å². The van der Waals surface area contributed by atoms with Gasteiger partial charge in [0.2, 0.25) is 5.95 Å². The molecule has 2 aromatic carbocycles. The maximum atomic E-state index is 14.3. The van der Waals surface area contributed by atoms with Crippen LogP contribution in [0, 0.1) is 12.7 Å². The molecule has 0 unspecified atom stereocenters. The van der Waals surface area contributed by atoms with Gasteiger partial charge in [-0.1, -0.05) is 6.07 Å². The van der Waals surface area contributed by atoms with Crippen molar-refractivity contribution in [2.75, 3.05) is 62.7 Å². The molecule has 0 bridgehead atoms. The van der Waals surface area contributed by atoms with Crippen LogP contribution < -0.4 is 16.4 Å². The molecule has 180 valence electrons. The van der Waals surface area contributed by atoms with Gasteiger partial charge in [-0.3, -0.25) is 0 Å². The third-order valence-electron chi connectivity index (χ3n) is 5.97. The van der Waals surface area contributed by atoms with Crippen LogP contribution in [0.15, 0.2) is 42.5 Å². The molecule has 3 aromatic rings. The number of benzene rings is 2. The largest absolute Gasteiger partial charge is 0.507 e. The van der Waals surface area contributed by atoms with Crippen molar-refractivity contribution in [3.63, 3.8) is 0 Å². The van der Waals surface area contributed by atoms with Gasteiger partial charge in [0.15, 0.2) is 0 Å². The van der Waals surface area contributed by atoms with E-state index in [1.54, 1.807) is 30.3 Å². The van der Waals surface area contributed by atoms with Crippen LogP contribution in [-0.2, 0) is 0 Å². The third kappa shape index (κ3) is 6.12. The lowest BCUT2D eigenvalue weighted by atomic mass is 10.1. The van der Waals surface area contributed by atoms with Crippen molar-refractivity contribution in [2.45, 2.75) is 13.3 Å². The summed E-state index contributed by atoms with van der Waals surface area (Å²) in [6.07, 6.45) is 0.982. The van der Waals surface area contributed by atoms with Crippen molar-refractivity contribution in [3.8, 4) is 17.0 Å². The SMILES string of the molecule is Cc1ccc(Nc2ccc(O)c(-c3cc(NCCCN4CCN(C)CC4)nc(N)n3)c2)c(F)c1. The number of aryl methyl sites for hydroxylation is 1. The van der Waals surface area contributed by atoms with Gasteiger partial charge in [-0.2, -0.15) is 4.98 Å². The van der Waals surface area contributed by atoms with E-state index in [-0.39, 0.29) is 17.5 Å². The molecule has 1 saturated heterocycles. The highest BCUT2D eigenvalue weighted by atomic mass is 19.1. The fraction of sp³-hybridized carbons (Fsp3) is 0.360. The second kappa shape index (κ2) is 10.7. The molecule has 0 atom stereocenters. The molecular weight excluding hydrogens is 433 g/mol. The molecule has 0 radical (unpaired) electrons. The third-order valence-corrected chi connectivity index (χ3v) is 5.97. The van der Waals surface area contributed by atoms with Crippen molar-refractivity contribution in [3.05, 3.63) is 53.8 Å². The second-order valence-electron chi connectivity index (χ2n) is 8.76. The number of piperazine rings is 1. The molecule has 1 aromatic heterocycles. The zero-order valence-electron chi connectivity index (χ0n) is 19.7. The van der Waals surface area contributed by atoms with Crippen molar-refractivity contribution in [1.82, 2.24) is 19.8 Å². The van der Waals surface area contributed by atoms with Crippen molar-refractivity contribution < 1.29 is 9.50 Å². The van der Waals surface area contributed by atoms with Gasteiger partial charge in [0.05, 0.1) is 11.4 Å². The fourth-order valence-electron chi connectivity index (χ4n) is 3.98. The topological polar surface area (TPSA) is 103 Å². The lowest BCUT2D eigenvalue weighted by molar-refractivity contribution is 0.154. The zero-order valence-corrected chi connectivity index (χ0v) is 19.7. The first kappa shape index (κ1) is 23.7. The quantitative estimate of drug-likeness (QED) is 0.295. The van der Waals surface area contributed by atoms with E-state index >= 15 is 0 Å². The molecule has 4 rings (SSSR count). The van der Waals surface area contributed by atoms with Crippen LogP contribution in [0.3, 0.4) is 0 Å². The normalized spacial score (nSPS) is 14.8. The summed E-state index contributed by atoms with van der Waals surface area (Å²) in [6.45, 7) is 8.01. The molecule has 5 N–H and O–H groups in total. The van der Waals surface area contributed by atoms with Gasteiger partial charge in [0.1, 0.15) is 17.4 Å². The molecule has 0 spiro atoms. The Hall–Kier alpha value is -3.43. The summed E-state index contributed by atoms with van der Waals surface area (Å²) in [6, 6.07) is 11.7. The van der Waals surface area contributed by atoms with Gasteiger partial charge >= 0.3 is 0 Å². The maximum Gasteiger partial charge on any atom is 0.222 e. The maximum absolute atomic E-state index is 14.3. The molecule has 8 nitrogen and oxygen atoms in total. The lowest BCUT2D eigenvalue weighted by Gasteiger charge is -2.32. The van der Waals surface area contributed by atoms with E-state index in [0.29, 0.717) is 28.5 Å². The Labute approximate surface area is 199 Å². The number of phenols is 1. The smallest absolute Gasteiger partial charge is 0.222 e. The summed E-state index contributed by atoms with van der Waals surface area (Å²) in [7, 11) is 2.15. The number of phenolic OH excluding ortho intramolecular Hbond substituents is 1. The van der Waals surface area contributed by atoms with Crippen LogP contribution in [-0.4, -0.2) is 71.2 Å². The number of nitrogen functional groups attached to an aromatic ring is 1. The second-order valence-corrected chi connectivity index (χ2v) is 8.76. The van der Waals surface area contributed by atoms with Crippen LogP contribution >= 0.6 is 0 Å². The van der Waals surface area contributed by atoms with Gasteiger partial charge in [-0.25, -0.2) is 9.37 Å². The van der Waals surface area contributed by atoms with Gasteiger partial charge in [-0.15, -0.1) is 0 Å². The lowest BCUT2D eigenvalue weighted by Crippen LogP contribution is -2.44. The minimum Gasteiger partial charge on any atom is -0.507 e. The number of hydrogen-bond donors (Lipinski definition) is 4. The number of nitrogens with one attached hydrogen (secondary N) is 2. The van der Waals surface area contributed by atoms with E-state index in [1.807, 2.05) is 13.0 Å². The molecule has 0 amide bonds. The number of aromatic hydroxyl groups is 1. The first-order valence-corrected chi connectivity index (χ1v) is 11.5. The van der Waals surface area contributed by atoms with Crippen molar-refractivity contribution in [2.24, 2.45) is 0 Å². The van der Waals surface area contributed by atoms with Gasteiger partial charge in [-0.05, 0) is 62.8 Å². The summed E-state index contributed by atoms with van der Waals surface area (Å²) in [5.74, 6) is 0.419. The predicted molar refractivity (Wildman–Crippen MR) is 135 cm³/mol. The van der Waals surface area contributed by atoms with Crippen LogP contribution in [0.4, 0.5) is 27.5 Å². The summed E-state index contributed by atoms with van der Waals surface area (Å²) in [5.41, 5.74) is 8.73. The van der Waals surface area contributed by atoms with E-state index in [4.69, 9.17) is 5.73 Å². The molecular formula is C25H32FN7O. The minimum absolute atomic E-state index is 0.0500. The molecule has 9 heteroatoms. The Balaban J connectivity index is 1.43. The van der Waals surface area contributed by atoms with E-state index in [1.165, 1.54) is 6.07 Å². The number of anilines is 4. The molecule has 34 heavy (non-hydrogen) atoms. The first-order valence-electron chi connectivity index (χ1n) is 11.5. The van der Waals surface area contributed by atoms with Gasteiger partial charge < -0.3 is 31.3 Å². The molecule has 2 heterocycles. The highest BCUT2D eigenvalue weighted by molar-refractivity contribution is 5.75. The van der Waals surface area contributed by atoms with Crippen LogP contribution in [0.2, 0.25) is 0 Å². The highest BCUT2D eigenvalue weighted by Crippen LogP contribution is 2.33.